The molecule has 1 aromatic carbocycles. The number of nitrogens with zero attached hydrogens (tertiary/aromatic N) is 2. The first-order valence-corrected chi connectivity index (χ1v) is 5.33. The number of aromatic nitrogens is 1. The number of pyridine rings is 1. The highest BCUT2D eigenvalue weighted by Crippen LogP contribution is 2.28. The molecule has 2 heteroatoms. The molecule has 0 N–H and O–H groups in total. The quantitative estimate of drug-likeness (QED) is 0.723. The van der Waals surface area contributed by atoms with Crippen molar-refractivity contribution in [3.8, 4) is 6.07 Å². The zero-order chi connectivity index (χ0) is 11.8. The fraction of sp³-hybridized carbons (Fsp3) is 0.286. The molecule has 1 aromatic heterocycles. The smallest absolute Gasteiger partial charge is 0.0943 e. The second kappa shape index (κ2) is 3.61. The van der Waals surface area contributed by atoms with Crippen molar-refractivity contribution in [3.63, 3.8) is 0 Å². The summed E-state index contributed by atoms with van der Waals surface area (Å²) in [6, 6.07) is 12.4. The Morgan fingerprint density at radius 3 is 2.62 bits per heavy atom. The molecule has 2 aromatic rings. The molecule has 0 aliphatic rings. The van der Waals surface area contributed by atoms with E-state index in [1.165, 1.54) is 0 Å². The van der Waals surface area contributed by atoms with Crippen molar-refractivity contribution in [2.75, 3.05) is 0 Å². The molecule has 2 nitrogen and oxygen atoms in total. The van der Waals surface area contributed by atoms with E-state index in [2.05, 4.69) is 17.1 Å². The minimum absolute atomic E-state index is 0.550. The van der Waals surface area contributed by atoms with Crippen LogP contribution in [0.25, 0.3) is 10.8 Å². The van der Waals surface area contributed by atoms with Gasteiger partial charge in [0, 0.05) is 11.1 Å². The van der Waals surface area contributed by atoms with Gasteiger partial charge in [-0.05, 0) is 32.2 Å². The molecule has 0 aliphatic carbocycles. The standard InChI is InChI=1S/C14H14N2/c1-10-8-11-6-4-5-7-12(11)13(16-10)14(2,3)9-15/h4-8H,1-3H3. The molecule has 0 spiro atoms. The number of rotatable bonds is 1. The Morgan fingerprint density at radius 2 is 1.94 bits per heavy atom. The van der Waals surface area contributed by atoms with E-state index in [-0.39, 0.29) is 0 Å². The maximum Gasteiger partial charge on any atom is 0.0943 e. The molecule has 0 fully saturated rings. The summed E-state index contributed by atoms with van der Waals surface area (Å²) in [5.41, 5.74) is 1.27. The van der Waals surface area contributed by atoms with Crippen LogP contribution in [0.1, 0.15) is 25.2 Å². The van der Waals surface area contributed by atoms with Gasteiger partial charge in [0.25, 0.3) is 0 Å². The summed E-state index contributed by atoms with van der Waals surface area (Å²) in [6.07, 6.45) is 0. The van der Waals surface area contributed by atoms with Crippen molar-refractivity contribution >= 4 is 10.8 Å². The Bertz CT molecular complexity index is 577. The third kappa shape index (κ3) is 1.65. The minimum atomic E-state index is -0.550. The van der Waals surface area contributed by atoms with Crippen LogP contribution in [0.2, 0.25) is 0 Å². The molecule has 80 valence electrons. The van der Waals surface area contributed by atoms with Gasteiger partial charge >= 0.3 is 0 Å². The highest BCUT2D eigenvalue weighted by Gasteiger charge is 2.24. The van der Waals surface area contributed by atoms with E-state index >= 15 is 0 Å². The number of hydrogen-bond donors (Lipinski definition) is 0. The first kappa shape index (κ1) is 10.6. The lowest BCUT2D eigenvalue weighted by Gasteiger charge is -2.17. The lowest BCUT2D eigenvalue weighted by molar-refractivity contribution is 0.665. The number of hydrogen-bond acceptors (Lipinski definition) is 2. The summed E-state index contributed by atoms with van der Waals surface area (Å²) in [5, 5.41) is 11.4. The van der Waals surface area contributed by atoms with Crippen LogP contribution in [-0.4, -0.2) is 4.98 Å². The average molecular weight is 210 g/mol. The molecule has 0 bridgehead atoms. The number of aryl methyl sites for hydroxylation is 1. The SMILES string of the molecule is Cc1cc2ccccc2c(C(C)(C)C#N)n1. The molecule has 2 rings (SSSR count). The second-order valence-electron chi connectivity index (χ2n) is 4.57. The lowest BCUT2D eigenvalue weighted by Crippen LogP contribution is -2.17. The highest BCUT2D eigenvalue weighted by molar-refractivity contribution is 5.86. The van der Waals surface area contributed by atoms with Crippen LogP contribution < -0.4 is 0 Å². The second-order valence-corrected chi connectivity index (χ2v) is 4.57. The van der Waals surface area contributed by atoms with Crippen LogP contribution in [0.15, 0.2) is 30.3 Å². The van der Waals surface area contributed by atoms with Crippen LogP contribution >= 0.6 is 0 Å². The van der Waals surface area contributed by atoms with Crippen molar-refractivity contribution in [2.45, 2.75) is 26.2 Å². The van der Waals surface area contributed by atoms with Gasteiger partial charge in [0.15, 0.2) is 0 Å². The minimum Gasteiger partial charge on any atom is -0.256 e. The first-order valence-electron chi connectivity index (χ1n) is 5.33. The monoisotopic (exact) mass is 210 g/mol. The van der Waals surface area contributed by atoms with Crippen LogP contribution in [0, 0.1) is 18.3 Å². The molecule has 0 atom stereocenters. The molecular weight excluding hydrogens is 196 g/mol. The normalized spacial score (nSPS) is 11.4. The topological polar surface area (TPSA) is 36.7 Å². The summed E-state index contributed by atoms with van der Waals surface area (Å²) in [4.78, 5) is 4.52. The molecule has 0 amide bonds. The summed E-state index contributed by atoms with van der Waals surface area (Å²) in [5.74, 6) is 0. The molecule has 0 saturated heterocycles. The van der Waals surface area contributed by atoms with Crippen LogP contribution in [-0.2, 0) is 5.41 Å². The molecule has 0 saturated carbocycles. The fourth-order valence-corrected chi connectivity index (χ4v) is 1.86. The summed E-state index contributed by atoms with van der Waals surface area (Å²) in [6.45, 7) is 5.77. The van der Waals surface area contributed by atoms with E-state index in [0.717, 1.165) is 22.2 Å². The van der Waals surface area contributed by atoms with Crippen molar-refractivity contribution in [1.82, 2.24) is 4.98 Å². The maximum absolute atomic E-state index is 9.21. The molecule has 0 unspecified atom stereocenters. The highest BCUT2D eigenvalue weighted by atomic mass is 14.7. The zero-order valence-electron chi connectivity index (χ0n) is 9.78. The van der Waals surface area contributed by atoms with Crippen LogP contribution in [0.3, 0.4) is 0 Å². The maximum atomic E-state index is 9.21. The Labute approximate surface area is 95.6 Å². The summed E-state index contributed by atoms with van der Waals surface area (Å²) >= 11 is 0. The van der Waals surface area contributed by atoms with Gasteiger partial charge in [0.05, 0.1) is 17.2 Å². The van der Waals surface area contributed by atoms with Gasteiger partial charge in [-0.2, -0.15) is 5.26 Å². The Morgan fingerprint density at radius 1 is 1.25 bits per heavy atom. The molecule has 16 heavy (non-hydrogen) atoms. The number of nitriles is 1. The third-order valence-electron chi connectivity index (χ3n) is 2.74. The van der Waals surface area contributed by atoms with Crippen molar-refractivity contribution < 1.29 is 0 Å². The number of benzene rings is 1. The van der Waals surface area contributed by atoms with Crippen molar-refractivity contribution in [2.24, 2.45) is 0 Å². The number of fused-ring (bicyclic) bond motifs is 1. The largest absolute Gasteiger partial charge is 0.256 e. The predicted molar refractivity (Wildman–Crippen MR) is 65.1 cm³/mol. The fourth-order valence-electron chi connectivity index (χ4n) is 1.86. The van der Waals surface area contributed by atoms with E-state index in [0.29, 0.717) is 0 Å². The van der Waals surface area contributed by atoms with E-state index in [1.807, 2.05) is 45.0 Å². The molecule has 0 aliphatic heterocycles. The summed E-state index contributed by atoms with van der Waals surface area (Å²) < 4.78 is 0. The Hall–Kier alpha value is -1.88. The van der Waals surface area contributed by atoms with Crippen LogP contribution in [0.4, 0.5) is 0 Å². The first-order chi connectivity index (χ1) is 7.54. The van der Waals surface area contributed by atoms with Crippen molar-refractivity contribution in [3.05, 3.63) is 41.7 Å². The Balaban J connectivity index is 2.84. The lowest BCUT2D eigenvalue weighted by atomic mass is 9.87. The van der Waals surface area contributed by atoms with E-state index < -0.39 is 5.41 Å². The van der Waals surface area contributed by atoms with Gasteiger partial charge in [0.2, 0.25) is 0 Å². The van der Waals surface area contributed by atoms with Gasteiger partial charge < -0.3 is 0 Å². The molecule has 0 radical (unpaired) electrons. The van der Waals surface area contributed by atoms with Crippen LogP contribution in [0.5, 0.6) is 0 Å². The zero-order valence-corrected chi connectivity index (χ0v) is 9.78. The van der Waals surface area contributed by atoms with Gasteiger partial charge in [-0.25, -0.2) is 0 Å². The van der Waals surface area contributed by atoms with E-state index in [1.54, 1.807) is 0 Å². The molecule has 1 heterocycles. The average Bonchev–Trinajstić information content (AvgIpc) is 2.28. The van der Waals surface area contributed by atoms with Gasteiger partial charge in [-0.3, -0.25) is 4.98 Å². The van der Waals surface area contributed by atoms with Gasteiger partial charge in [-0.15, -0.1) is 0 Å². The van der Waals surface area contributed by atoms with Crippen molar-refractivity contribution in [1.29, 1.82) is 5.26 Å². The Kier molecular flexibility index (Phi) is 2.40. The molecular formula is C14H14N2. The van der Waals surface area contributed by atoms with E-state index in [4.69, 9.17) is 0 Å². The van der Waals surface area contributed by atoms with E-state index in [9.17, 15) is 5.26 Å². The predicted octanol–water partition coefficient (Wildman–Crippen LogP) is 3.34. The third-order valence-corrected chi connectivity index (χ3v) is 2.74. The van der Waals surface area contributed by atoms with Gasteiger partial charge in [0.1, 0.15) is 0 Å². The van der Waals surface area contributed by atoms with Gasteiger partial charge in [-0.1, -0.05) is 24.3 Å². The summed E-state index contributed by atoms with van der Waals surface area (Å²) in [7, 11) is 0.